The van der Waals surface area contributed by atoms with Crippen LogP contribution in [-0.2, 0) is 14.3 Å². The predicted molar refractivity (Wildman–Crippen MR) is 87.6 cm³/mol. The smallest absolute Gasteiger partial charge is 0.234 e. The molecule has 128 valence electrons. The highest BCUT2D eigenvalue weighted by Crippen LogP contribution is 2.31. The van der Waals surface area contributed by atoms with Crippen molar-refractivity contribution in [1.82, 2.24) is 10.2 Å². The van der Waals surface area contributed by atoms with Crippen LogP contribution in [0.2, 0.25) is 0 Å². The zero-order valence-electron chi connectivity index (χ0n) is 13.9. The highest BCUT2D eigenvalue weighted by Gasteiger charge is 2.23. The molecule has 1 heterocycles. The molecular weight excluding hydrogens is 296 g/mol. The average Bonchev–Trinajstić information content (AvgIpc) is 2.57. The summed E-state index contributed by atoms with van der Waals surface area (Å²) in [6.45, 7) is 3.56. The quantitative estimate of drug-likeness (QED) is 0.741. The Morgan fingerprint density at radius 3 is 2.65 bits per heavy atom. The van der Waals surface area contributed by atoms with Crippen LogP contribution in [0.15, 0.2) is 24.3 Å². The van der Waals surface area contributed by atoms with Gasteiger partial charge in [-0.05, 0) is 6.07 Å². The van der Waals surface area contributed by atoms with E-state index in [0.29, 0.717) is 39.5 Å². The molecule has 1 aliphatic rings. The van der Waals surface area contributed by atoms with E-state index in [1.54, 1.807) is 14.2 Å². The normalized spacial score (nSPS) is 16.7. The van der Waals surface area contributed by atoms with E-state index in [9.17, 15) is 4.79 Å². The van der Waals surface area contributed by atoms with Crippen LogP contribution in [0, 0.1) is 0 Å². The topological polar surface area (TPSA) is 60.0 Å². The molecule has 1 aromatic rings. The molecule has 1 aliphatic heterocycles. The number of hydrogen-bond acceptors (Lipinski definition) is 5. The number of nitrogens with zero attached hydrogens (tertiary/aromatic N) is 1. The molecule has 0 radical (unpaired) electrons. The Labute approximate surface area is 137 Å². The van der Waals surface area contributed by atoms with Gasteiger partial charge in [-0.15, -0.1) is 0 Å². The Morgan fingerprint density at radius 2 is 1.96 bits per heavy atom. The first kappa shape index (κ1) is 17.7. The fourth-order valence-electron chi connectivity index (χ4n) is 2.65. The highest BCUT2D eigenvalue weighted by atomic mass is 16.5. The van der Waals surface area contributed by atoms with Crippen LogP contribution in [-0.4, -0.2) is 64.5 Å². The first-order valence-corrected chi connectivity index (χ1v) is 7.96. The molecule has 6 nitrogen and oxygen atoms in total. The van der Waals surface area contributed by atoms with E-state index in [2.05, 4.69) is 5.32 Å². The first-order valence-electron chi connectivity index (χ1n) is 7.96. The van der Waals surface area contributed by atoms with Crippen LogP contribution in [0.25, 0.3) is 0 Å². The van der Waals surface area contributed by atoms with Crippen molar-refractivity contribution in [2.75, 3.05) is 53.7 Å². The van der Waals surface area contributed by atoms with E-state index >= 15 is 0 Å². The van der Waals surface area contributed by atoms with E-state index in [1.165, 1.54) is 0 Å². The Morgan fingerprint density at radius 1 is 1.26 bits per heavy atom. The summed E-state index contributed by atoms with van der Waals surface area (Å²) in [7, 11) is 3.32. The summed E-state index contributed by atoms with van der Waals surface area (Å²) in [5.74, 6) is 0.874. The number of fused-ring (bicyclic) bond motifs is 1. The fraction of sp³-hybridized carbons (Fsp3) is 0.588. The molecule has 0 bridgehead atoms. The van der Waals surface area contributed by atoms with Crippen molar-refractivity contribution < 1.29 is 19.0 Å². The second-order valence-electron chi connectivity index (χ2n) is 5.56. The van der Waals surface area contributed by atoms with Gasteiger partial charge >= 0.3 is 0 Å². The van der Waals surface area contributed by atoms with E-state index in [-0.39, 0.29) is 11.9 Å². The van der Waals surface area contributed by atoms with Gasteiger partial charge in [0.25, 0.3) is 0 Å². The van der Waals surface area contributed by atoms with Gasteiger partial charge in [0.1, 0.15) is 5.75 Å². The lowest BCUT2D eigenvalue weighted by atomic mass is 10.0. The molecule has 1 atom stereocenters. The van der Waals surface area contributed by atoms with Crippen LogP contribution in [0.3, 0.4) is 0 Å². The largest absolute Gasteiger partial charge is 0.493 e. The van der Waals surface area contributed by atoms with Gasteiger partial charge in [-0.1, -0.05) is 18.2 Å². The highest BCUT2D eigenvalue weighted by molar-refractivity contribution is 5.78. The van der Waals surface area contributed by atoms with Gasteiger partial charge in [0, 0.05) is 39.3 Å². The van der Waals surface area contributed by atoms with Crippen molar-refractivity contribution in [3.8, 4) is 5.75 Å². The van der Waals surface area contributed by atoms with E-state index in [1.807, 2.05) is 29.2 Å². The molecule has 1 amide bonds. The van der Waals surface area contributed by atoms with E-state index < -0.39 is 0 Å². The summed E-state index contributed by atoms with van der Waals surface area (Å²) in [5, 5.41) is 3.12. The van der Waals surface area contributed by atoms with Crippen molar-refractivity contribution in [3.63, 3.8) is 0 Å². The predicted octanol–water partition coefficient (Wildman–Crippen LogP) is 1.22. The lowest BCUT2D eigenvalue weighted by Gasteiger charge is -2.28. The Hall–Kier alpha value is -1.63. The second-order valence-corrected chi connectivity index (χ2v) is 5.56. The molecule has 0 aliphatic carbocycles. The van der Waals surface area contributed by atoms with Crippen molar-refractivity contribution >= 4 is 5.91 Å². The van der Waals surface area contributed by atoms with Gasteiger partial charge in [-0.3, -0.25) is 9.69 Å². The zero-order chi connectivity index (χ0) is 16.5. The minimum absolute atomic E-state index is 0.0129. The lowest BCUT2D eigenvalue weighted by Crippen LogP contribution is -2.42. The summed E-state index contributed by atoms with van der Waals surface area (Å²) in [5.41, 5.74) is 1.05. The molecular formula is C17H26N2O4. The summed E-state index contributed by atoms with van der Waals surface area (Å²) >= 11 is 0. The van der Waals surface area contributed by atoms with Crippen molar-refractivity contribution in [1.29, 1.82) is 0 Å². The number of rotatable bonds is 9. The number of carbonyl (C=O) groups excluding carboxylic acids is 1. The molecule has 2 rings (SSSR count). The Balaban J connectivity index is 1.90. The number of nitrogens with one attached hydrogen (secondary N) is 1. The lowest BCUT2D eigenvalue weighted by molar-refractivity contribution is -0.123. The maximum Gasteiger partial charge on any atom is 0.234 e. The number of benzene rings is 1. The summed E-state index contributed by atoms with van der Waals surface area (Å²) < 4.78 is 15.8. The Kier molecular flexibility index (Phi) is 7.32. The number of ether oxygens (including phenoxy) is 3. The number of amides is 1. The molecule has 0 fully saturated rings. The zero-order valence-corrected chi connectivity index (χ0v) is 13.9. The van der Waals surface area contributed by atoms with Crippen molar-refractivity contribution in [2.45, 2.75) is 12.5 Å². The van der Waals surface area contributed by atoms with Crippen molar-refractivity contribution in [3.05, 3.63) is 29.8 Å². The number of carbonyl (C=O) groups is 1. The standard InChI is InChI=1S/C17H26N2O4/c1-21-11-8-19(9-12-22-2)13-17(20)18-15-7-10-23-16-6-4-3-5-14(15)16/h3-6,15H,7-13H2,1-2H3,(H,18,20). The molecule has 23 heavy (non-hydrogen) atoms. The SMILES string of the molecule is COCCN(CCOC)CC(=O)NC1CCOc2ccccc21. The van der Waals surface area contributed by atoms with Crippen LogP contribution >= 0.6 is 0 Å². The third-order valence-corrected chi connectivity index (χ3v) is 3.88. The second kappa shape index (κ2) is 9.50. The van der Waals surface area contributed by atoms with Gasteiger partial charge in [0.05, 0.1) is 32.4 Å². The van der Waals surface area contributed by atoms with Gasteiger partial charge < -0.3 is 19.5 Å². The fourth-order valence-corrected chi connectivity index (χ4v) is 2.65. The molecule has 0 spiro atoms. The van der Waals surface area contributed by atoms with Crippen molar-refractivity contribution in [2.24, 2.45) is 0 Å². The molecule has 1 aromatic carbocycles. The van der Waals surface area contributed by atoms with Crippen LogP contribution < -0.4 is 10.1 Å². The third-order valence-electron chi connectivity index (χ3n) is 3.88. The number of para-hydroxylation sites is 1. The molecule has 1 N–H and O–H groups in total. The van der Waals surface area contributed by atoms with Gasteiger partial charge in [0.15, 0.2) is 0 Å². The third kappa shape index (κ3) is 5.49. The maximum atomic E-state index is 12.4. The summed E-state index contributed by atoms with van der Waals surface area (Å²) in [6, 6.07) is 7.87. The average molecular weight is 322 g/mol. The Bertz CT molecular complexity index is 487. The minimum atomic E-state index is 0.0129. The van der Waals surface area contributed by atoms with Crippen LogP contribution in [0.1, 0.15) is 18.0 Å². The van der Waals surface area contributed by atoms with Gasteiger partial charge in [0.2, 0.25) is 5.91 Å². The van der Waals surface area contributed by atoms with Crippen LogP contribution in [0.5, 0.6) is 5.75 Å². The van der Waals surface area contributed by atoms with E-state index in [0.717, 1.165) is 17.7 Å². The first-order chi connectivity index (χ1) is 11.2. The minimum Gasteiger partial charge on any atom is -0.493 e. The summed E-state index contributed by atoms with van der Waals surface area (Å²) in [4.78, 5) is 14.4. The summed E-state index contributed by atoms with van der Waals surface area (Å²) in [6.07, 6.45) is 0.791. The number of methoxy groups -OCH3 is 2. The molecule has 0 saturated heterocycles. The molecule has 0 aromatic heterocycles. The monoisotopic (exact) mass is 322 g/mol. The molecule has 6 heteroatoms. The molecule has 0 saturated carbocycles. The number of hydrogen-bond donors (Lipinski definition) is 1. The molecule has 1 unspecified atom stereocenters. The maximum absolute atomic E-state index is 12.4. The van der Waals surface area contributed by atoms with Gasteiger partial charge in [-0.2, -0.15) is 0 Å². The van der Waals surface area contributed by atoms with Crippen LogP contribution in [0.4, 0.5) is 0 Å². The van der Waals surface area contributed by atoms with E-state index in [4.69, 9.17) is 14.2 Å². The van der Waals surface area contributed by atoms with Gasteiger partial charge in [-0.25, -0.2) is 0 Å².